The monoisotopic (exact) mass is 528 g/mol. The van der Waals surface area contributed by atoms with Crippen LogP contribution in [0.15, 0.2) is 23.5 Å². The maximum atomic E-state index is 13.9. The molecule has 196 valence electrons. The van der Waals surface area contributed by atoms with Gasteiger partial charge in [-0.05, 0) is 43.9 Å². The molecule has 5 rings (SSSR count). The second-order valence-electron chi connectivity index (χ2n) is 9.09. The van der Waals surface area contributed by atoms with Crippen LogP contribution in [-0.2, 0) is 19.1 Å². The first-order valence-electron chi connectivity index (χ1n) is 12.0. The van der Waals surface area contributed by atoms with E-state index in [1.165, 1.54) is 33.3 Å². The first-order valence-corrected chi connectivity index (χ1v) is 12.8. The predicted octanol–water partition coefficient (Wildman–Crippen LogP) is 3.76. The number of aryl methyl sites for hydroxylation is 1. The number of rotatable bonds is 6. The van der Waals surface area contributed by atoms with Crippen molar-refractivity contribution in [3.05, 3.63) is 39.6 Å². The summed E-state index contributed by atoms with van der Waals surface area (Å²) in [6.07, 6.45) is 2.98. The first kappa shape index (κ1) is 25.1. The smallest absolute Gasteiger partial charge is 0.350 e. The zero-order valence-electron chi connectivity index (χ0n) is 21.3. The van der Waals surface area contributed by atoms with Crippen molar-refractivity contribution in [3.63, 3.8) is 0 Å². The molecular weight excluding hydrogens is 500 g/mol. The molecule has 3 aliphatic rings. The van der Waals surface area contributed by atoms with Gasteiger partial charge in [0.2, 0.25) is 5.75 Å². The van der Waals surface area contributed by atoms with Gasteiger partial charge in [0.25, 0.3) is 5.91 Å². The number of hydrogen-bond acceptors (Lipinski definition) is 10. The van der Waals surface area contributed by atoms with Crippen LogP contribution < -0.4 is 19.1 Å². The fraction of sp³-hybridized carbons (Fsp3) is 0.462. The van der Waals surface area contributed by atoms with Crippen LogP contribution >= 0.6 is 11.3 Å². The summed E-state index contributed by atoms with van der Waals surface area (Å²) in [7, 11) is 5.78. The number of Topliss-reactive ketones (excluding diaryl/α,β-unsaturated/α-hetero) is 1. The summed E-state index contributed by atoms with van der Waals surface area (Å²) in [5.41, 5.74) is 1.27. The van der Waals surface area contributed by atoms with E-state index in [0.29, 0.717) is 34.9 Å². The van der Waals surface area contributed by atoms with Crippen LogP contribution in [0.3, 0.4) is 0 Å². The maximum absolute atomic E-state index is 13.9. The van der Waals surface area contributed by atoms with Gasteiger partial charge < -0.3 is 23.7 Å². The van der Waals surface area contributed by atoms with Gasteiger partial charge in [-0.15, -0.1) is 0 Å². The largest absolute Gasteiger partial charge is 0.493 e. The molecule has 1 saturated carbocycles. The minimum absolute atomic E-state index is 0.0411. The highest BCUT2D eigenvalue weighted by Gasteiger charge is 2.53. The van der Waals surface area contributed by atoms with E-state index in [-0.39, 0.29) is 39.1 Å². The van der Waals surface area contributed by atoms with Crippen molar-refractivity contribution in [1.82, 2.24) is 4.98 Å². The number of nitrogens with zero attached hydrogens (tertiary/aromatic N) is 2. The maximum Gasteiger partial charge on any atom is 0.350 e. The van der Waals surface area contributed by atoms with E-state index in [4.69, 9.17) is 23.7 Å². The average Bonchev–Trinajstić information content (AvgIpc) is 3.44. The van der Waals surface area contributed by atoms with Crippen molar-refractivity contribution in [3.8, 4) is 17.2 Å². The molecule has 1 aromatic heterocycles. The molecule has 3 unspecified atom stereocenters. The highest BCUT2D eigenvalue weighted by Crippen LogP contribution is 2.51. The number of ether oxygens (including phenoxy) is 5. The number of amides is 1. The zero-order valence-corrected chi connectivity index (χ0v) is 22.1. The molecule has 0 N–H and O–H groups in total. The van der Waals surface area contributed by atoms with Crippen LogP contribution in [0.2, 0.25) is 0 Å². The summed E-state index contributed by atoms with van der Waals surface area (Å²) in [5.74, 6) is -0.248. The molecule has 0 saturated heterocycles. The normalized spacial score (nSPS) is 22.8. The number of thiazole rings is 1. The summed E-state index contributed by atoms with van der Waals surface area (Å²) in [6, 6.07) is 2.57. The molecule has 10 nitrogen and oxygen atoms in total. The summed E-state index contributed by atoms with van der Waals surface area (Å²) < 4.78 is 27.7. The Kier molecular flexibility index (Phi) is 6.57. The van der Waals surface area contributed by atoms with E-state index in [9.17, 15) is 14.4 Å². The number of aromatic nitrogens is 1. The summed E-state index contributed by atoms with van der Waals surface area (Å²) >= 11 is 1.03. The van der Waals surface area contributed by atoms with Gasteiger partial charge in [0.15, 0.2) is 28.2 Å². The summed E-state index contributed by atoms with van der Waals surface area (Å²) in [4.78, 5) is 46.3. The average molecular weight is 529 g/mol. The highest BCUT2D eigenvalue weighted by atomic mass is 32.1. The molecule has 2 aliphatic heterocycles. The van der Waals surface area contributed by atoms with E-state index in [0.717, 1.165) is 30.6 Å². The minimum Gasteiger partial charge on any atom is -0.493 e. The third-order valence-corrected chi connectivity index (χ3v) is 8.27. The first-order chi connectivity index (χ1) is 17.8. The molecule has 1 amide bonds. The predicted molar refractivity (Wildman–Crippen MR) is 133 cm³/mol. The lowest BCUT2D eigenvalue weighted by Gasteiger charge is -2.35. The number of esters is 1. The number of benzene rings is 1. The van der Waals surface area contributed by atoms with Gasteiger partial charge in [-0.2, -0.15) is 0 Å². The van der Waals surface area contributed by atoms with Crippen molar-refractivity contribution >= 4 is 34.1 Å². The van der Waals surface area contributed by atoms with E-state index in [1.807, 2.05) is 0 Å². The van der Waals surface area contributed by atoms with Crippen molar-refractivity contribution in [2.45, 2.75) is 44.8 Å². The second-order valence-corrected chi connectivity index (χ2v) is 10.1. The lowest BCUT2D eigenvalue weighted by molar-refractivity contribution is -0.131. The van der Waals surface area contributed by atoms with E-state index in [2.05, 4.69) is 4.98 Å². The van der Waals surface area contributed by atoms with Crippen LogP contribution in [0, 0.1) is 12.8 Å². The van der Waals surface area contributed by atoms with Gasteiger partial charge in [0, 0.05) is 0 Å². The van der Waals surface area contributed by atoms with E-state index >= 15 is 0 Å². The Morgan fingerprint density at radius 1 is 1.05 bits per heavy atom. The number of ketones is 1. The van der Waals surface area contributed by atoms with Gasteiger partial charge in [-0.3, -0.25) is 14.5 Å². The number of methoxy groups -OCH3 is 4. The number of carbonyl (C=O) groups is 3. The lowest BCUT2D eigenvalue weighted by Crippen LogP contribution is -2.39. The molecule has 3 heterocycles. The van der Waals surface area contributed by atoms with Crippen molar-refractivity contribution < 1.29 is 38.1 Å². The Bertz CT molecular complexity index is 1290. The highest BCUT2D eigenvalue weighted by molar-refractivity contribution is 7.17. The third-order valence-electron chi connectivity index (χ3n) is 7.13. The Balaban J connectivity index is 1.71. The van der Waals surface area contributed by atoms with Crippen LogP contribution in [0.1, 0.15) is 52.7 Å². The second kappa shape index (κ2) is 9.70. The molecule has 0 bridgehead atoms. The van der Waals surface area contributed by atoms with Crippen LogP contribution in [0.25, 0.3) is 0 Å². The fourth-order valence-corrected chi connectivity index (χ4v) is 6.40. The van der Waals surface area contributed by atoms with Gasteiger partial charge >= 0.3 is 5.97 Å². The van der Waals surface area contributed by atoms with E-state index < -0.39 is 17.9 Å². The molecule has 0 radical (unpaired) electrons. The molecular formula is C26H28N2O8S. The Morgan fingerprint density at radius 2 is 1.73 bits per heavy atom. The molecule has 37 heavy (non-hydrogen) atoms. The molecule has 1 fully saturated rings. The standard InChI is InChI=1S/C26H28N2O8S/c1-12-23(25(31)35-5)37-26(27-12)28-19(13-10-16(32-2)21(34-4)17(11-13)33-3)18-20(29)14-8-6-7-9-15(14)36-22(18)24(28)30/h10-11,14-15,19H,6-9H2,1-5H3. The van der Waals surface area contributed by atoms with Crippen LogP contribution in [0.5, 0.6) is 17.2 Å². The third kappa shape index (κ3) is 3.92. The number of carbonyl (C=O) groups excluding carboxylic acids is 3. The summed E-state index contributed by atoms with van der Waals surface area (Å²) in [6.45, 7) is 1.67. The van der Waals surface area contributed by atoms with Crippen LogP contribution in [-0.4, -0.2) is 57.2 Å². The SMILES string of the molecule is COC(=O)c1sc(N2C(=O)C3=C(C(=O)C4CCCCC4O3)C2c2cc(OC)c(OC)c(OC)c2)nc1C. The zero-order chi connectivity index (χ0) is 26.4. The van der Waals surface area contributed by atoms with Gasteiger partial charge in [0.1, 0.15) is 11.0 Å². The Hall–Kier alpha value is -3.60. The van der Waals surface area contributed by atoms with Gasteiger partial charge in [-0.25, -0.2) is 9.78 Å². The minimum atomic E-state index is -0.859. The Morgan fingerprint density at radius 3 is 2.35 bits per heavy atom. The molecule has 2 aromatic rings. The summed E-state index contributed by atoms with van der Waals surface area (Å²) in [5, 5.41) is 0.260. The molecule has 11 heteroatoms. The van der Waals surface area contributed by atoms with Gasteiger partial charge in [0.05, 0.1) is 51.7 Å². The quantitative estimate of drug-likeness (QED) is 0.517. The molecule has 1 aromatic carbocycles. The Labute approximate surface area is 218 Å². The number of hydrogen-bond donors (Lipinski definition) is 0. The van der Waals surface area contributed by atoms with Crippen molar-refractivity contribution in [2.24, 2.45) is 5.92 Å². The molecule has 3 atom stereocenters. The van der Waals surface area contributed by atoms with Crippen LogP contribution in [0.4, 0.5) is 5.13 Å². The van der Waals surface area contributed by atoms with E-state index in [1.54, 1.807) is 19.1 Å². The fourth-order valence-electron chi connectivity index (χ4n) is 5.38. The number of fused-ring (bicyclic) bond motifs is 1. The number of anilines is 1. The molecule has 0 spiro atoms. The topological polar surface area (TPSA) is 113 Å². The lowest BCUT2D eigenvalue weighted by atomic mass is 9.77. The van der Waals surface area contributed by atoms with Crippen molar-refractivity contribution in [1.29, 1.82) is 0 Å². The molecule has 1 aliphatic carbocycles. The van der Waals surface area contributed by atoms with Gasteiger partial charge in [-0.1, -0.05) is 17.8 Å². The van der Waals surface area contributed by atoms with Crippen molar-refractivity contribution in [2.75, 3.05) is 33.3 Å².